The lowest BCUT2D eigenvalue weighted by Gasteiger charge is -2.01. The summed E-state index contributed by atoms with van der Waals surface area (Å²) in [4.78, 5) is 26.4. The van der Waals surface area contributed by atoms with E-state index in [2.05, 4.69) is 31.0 Å². The van der Waals surface area contributed by atoms with Gasteiger partial charge in [-0.3, -0.25) is 14.9 Å². The van der Waals surface area contributed by atoms with Gasteiger partial charge in [-0.1, -0.05) is 28.1 Å². The average molecular weight is 355 g/mol. The van der Waals surface area contributed by atoms with Crippen molar-refractivity contribution in [2.75, 3.05) is 11.9 Å². The molecule has 0 aliphatic rings. The summed E-state index contributed by atoms with van der Waals surface area (Å²) in [6, 6.07) is 7.72. The van der Waals surface area contributed by atoms with Crippen molar-refractivity contribution in [2.45, 2.75) is 6.92 Å². The van der Waals surface area contributed by atoms with Crippen LogP contribution in [0.5, 0.6) is 0 Å². The van der Waals surface area contributed by atoms with Gasteiger partial charge >= 0.3 is 5.97 Å². The zero-order chi connectivity index (χ0) is 14.5. The highest BCUT2D eigenvalue weighted by molar-refractivity contribution is 9.10. The number of thiazole rings is 1. The molecule has 104 valence electrons. The third kappa shape index (κ3) is 4.14. The number of hydrogen-bond donors (Lipinski definition) is 1. The van der Waals surface area contributed by atoms with Crippen molar-refractivity contribution in [3.63, 3.8) is 0 Å². The Bertz CT molecular complexity index is 625. The van der Waals surface area contributed by atoms with Gasteiger partial charge in [-0.05, 0) is 12.1 Å². The van der Waals surface area contributed by atoms with Crippen LogP contribution in [0.15, 0.2) is 34.1 Å². The molecule has 0 fully saturated rings. The number of carbonyl (C=O) groups is 2. The quantitative estimate of drug-likeness (QED) is 0.856. The zero-order valence-corrected chi connectivity index (χ0v) is 13.0. The molecule has 0 bridgehead atoms. The Kier molecular flexibility index (Phi) is 4.86. The van der Waals surface area contributed by atoms with E-state index in [-0.39, 0.29) is 6.61 Å². The summed E-state index contributed by atoms with van der Waals surface area (Å²) in [7, 11) is 0. The van der Waals surface area contributed by atoms with E-state index in [4.69, 9.17) is 0 Å². The summed E-state index contributed by atoms with van der Waals surface area (Å²) in [6.07, 6.45) is 0. The first-order valence-electron chi connectivity index (χ1n) is 5.69. The lowest BCUT2D eigenvalue weighted by atomic mass is 10.2. The lowest BCUT2D eigenvalue weighted by molar-refractivity contribution is -0.144. The van der Waals surface area contributed by atoms with Crippen molar-refractivity contribution in [1.82, 2.24) is 4.98 Å². The first-order valence-corrected chi connectivity index (χ1v) is 7.36. The van der Waals surface area contributed by atoms with Crippen LogP contribution in [0.4, 0.5) is 5.13 Å². The number of anilines is 1. The van der Waals surface area contributed by atoms with E-state index in [1.165, 1.54) is 18.3 Å². The summed E-state index contributed by atoms with van der Waals surface area (Å²) >= 11 is 4.68. The molecule has 5 nitrogen and oxygen atoms in total. The zero-order valence-electron chi connectivity index (χ0n) is 10.6. The first kappa shape index (κ1) is 14.7. The molecule has 0 radical (unpaired) electrons. The highest BCUT2D eigenvalue weighted by Crippen LogP contribution is 2.25. The van der Waals surface area contributed by atoms with Gasteiger partial charge in [0, 0.05) is 22.3 Å². The van der Waals surface area contributed by atoms with Crippen LogP contribution in [0.25, 0.3) is 11.3 Å². The van der Waals surface area contributed by atoms with Crippen molar-refractivity contribution < 1.29 is 14.3 Å². The van der Waals surface area contributed by atoms with Crippen molar-refractivity contribution in [3.05, 3.63) is 34.1 Å². The number of esters is 1. The number of hydrogen-bond acceptors (Lipinski definition) is 5. The van der Waals surface area contributed by atoms with E-state index in [0.29, 0.717) is 5.13 Å². The standard InChI is InChI=1S/C13H11BrN2O3S/c1-8(17)19-6-12(18)16-13-15-11(7-20-13)9-2-4-10(14)5-3-9/h2-5,7H,6H2,1H3,(H,15,16,18). The highest BCUT2D eigenvalue weighted by Gasteiger charge is 2.09. The fourth-order valence-electron chi connectivity index (χ4n) is 1.41. The normalized spacial score (nSPS) is 10.1. The van der Waals surface area contributed by atoms with E-state index in [0.717, 1.165) is 15.7 Å². The second-order valence-electron chi connectivity index (χ2n) is 3.87. The largest absolute Gasteiger partial charge is 0.456 e. The van der Waals surface area contributed by atoms with Crippen LogP contribution >= 0.6 is 27.3 Å². The summed E-state index contributed by atoms with van der Waals surface area (Å²) in [6.45, 7) is 0.949. The number of amides is 1. The average Bonchev–Trinajstić information content (AvgIpc) is 2.85. The summed E-state index contributed by atoms with van der Waals surface area (Å²) in [5.74, 6) is -0.897. The molecule has 0 spiro atoms. The smallest absolute Gasteiger partial charge is 0.303 e. The number of ether oxygens (including phenoxy) is 1. The third-order valence-electron chi connectivity index (χ3n) is 2.30. The molecule has 1 N–H and O–H groups in total. The number of aromatic nitrogens is 1. The summed E-state index contributed by atoms with van der Waals surface area (Å²) in [5, 5.41) is 4.90. The van der Waals surface area contributed by atoms with E-state index < -0.39 is 11.9 Å². The molecule has 2 aromatic rings. The Morgan fingerprint density at radius 2 is 2.05 bits per heavy atom. The number of halogens is 1. The first-order chi connectivity index (χ1) is 9.54. The SMILES string of the molecule is CC(=O)OCC(=O)Nc1nc(-c2ccc(Br)cc2)cs1. The minimum atomic E-state index is -0.491. The number of nitrogens with zero attached hydrogens (tertiary/aromatic N) is 1. The van der Waals surface area contributed by atoms with Crippen LogP contribution in [0.3, 0.4) is 0 Å². The van der Waals surface area contributed by atoms with Crippen LogP contribution in [0.1, 0.15) is 6.92 Å². The van der Waals surface area contributed by atoms with Crippen LogP contribution in [0.2, 0.25) is 0 Å². The molecule has 1 amide bonds. The fraction of sp³-hybridized carbons (Fsp3) is 0.154. The Labute approximate surface area is 128 Å². The van der Waals surface area contributed by atoms with Gasteiger partial charge in [-0.2, -0.15) is 0 Å². The summed E-state index contributed by atoms with van der Waals surface area (Å²) in [5.41, 5.74) is 1.75. The van der Waals surface area contributed by atoms with Crippen LogP contribution in [0, 0.1) is 0 Å². The van der Waals surface area contributed by atoms with E-state index in [9.17, 15) is 9.59 Å². The van der Waals surface area contributed by atoms with Gasteiger partial charge in [-0.15, -0.1) is 11.3 Å². The lowest BCUT2D eigenvalue weighted by Crippen LogP contribution is -2.19. The van der Waals surface area contributed by atoms with Crippen LogP contribution in [-0.2, 0) is 14.3 Å². The topological polar surface area (TPSA) is 68.3 Å². The second kappa shape index (κ2) is 6.62. The molecule has 0 atom stereocenters. The Balaban J connectivity index is 2.00. The van der Waals surface area contributed by atoms with Gasteiger partial charge in [0.05, 0.1) is 5.69 Å². The molecule has 0 saturated heterocycles. The fourth-order valence-corrected chi connectivity index (χ4v) is 2.41. The predicted molar refractivity (Wildman–Crippen MR) is 80.5 cm³/mol. The minimum Gasteiger partial charge on any atom is -0.456 e. The van der Waals surface area contributed by atoms with Gasteiger partial charge in [0.1, 0.15) is 0 Å². The molecule has 0 aliphatic carbocycles. The number of carbonyl (C=O) groups excluding carboxylic acids is 2. The van der Waals surface area contributed by atoms with E-state index in [1.54, 1.807) is 0 Å². The molecular formula is C13H11BrN2O3S. The third-order valence-corrected chi connectivity index (χ3v) is 3.58. The van der Waals surface area contributed by atoms with Gasteiger partial charge in [-0.25, -0.2) is 4.98 Å². The van der Waals surface area contributed by atoms with Gasteiger partial charge in [0.2, 0.25) is 0 Å². The molecule has 1 heterocycles. The highest BCUT2D eigenvalue weighted by atomic mass is 79.9. The molecule has 2 rings (SSSR count). The van der Waals surface area contributed by atoms with Gasteiger partial charge < -0.3 is 4.74 Å². The molecule has 0 saturated carbocycles. The maximum atomic E-state index is 11.5. The molecular weight excluding hydrogens is 344 g/mol. The van der Waals surface area contributed by atoms with Gasteiger partial charge in [0.15, 0.2) is 11.7 Å². The molecule has 1 aromatic carbocycles. The molecule has 0 unspecified atom stereocenters. The van der Waals surface area contributed by atoms with Crippen molar-refractivity contribution in [3.8, 4) is 11.3 Å². The van der Waals surface area contributed by atoms with Crippen molar-refractivity contribution >= 4 is 44.3 Å². The Morgan fingerprint density at radius 3 is 2.70 bits per heavy atom. The number of nitrogens with one attached hydrogen (secondary N) is 1. The Hall–Kier alpha value is -1.73. The second-order valence-corrected chi connectivity index (χ2v) is 5.65. The van der Waals surface area contributed by atoms with Crippen LogP contribution in [-0.4, -0.2) is 23.5 Å². The minimum absolute atomic E-state index is 0.303. The molecule has 20 heavy (non-hydrogen) atoms. The maximum Gasteiger partial charge on any atom is 0.303 e. The van der Waals surface area contributed by atoms with Crippen molar-refractivity contribution in [2.24, 2.45) is 0 Å². The van der Waals surface area contributed by atoms with E-state index >= 15 is 0 Å². The summed E-state index contributed by atoms with van der Waals surface area (Å²) < 4.78 is 5.59. The molecule has 7 heteroatoms. The molecule has 1 aromatic heterocycles. The Morgan fingerprint density at radius 1 is 1.35 bits per heavy atom. The number of rotatable bonds is 4. The van der Waals surface area contributed by atoms with Gasteiger partial charge in [0.25, 0.3) is 5.91 Å². The predicted octanol–water partition coefficient (Wildman–Crippen LogP) is 3.07. The van der Waals surface area contributed by atoms with Crippen molar-refractivity contribution in [1.29, 1.82) is 0 Å². The van der Waals surface area contributed by atoms with E-state index in [1.807, 2.05) is 29.6 Å². The number of benzene rings is 1. The maximum absolute atomic E-state index is 11.5. The van der Waals surface area contributed by atoms with Crippen LogP contribution < -0.4 is 5.32 Å². The monoisotopic (exact) mass is 354 g/mol. The molecule has 0 aliphatic heterocycles.